The summed E-state index contributed by atoms with van der Waals surface area (Å²) in [5.41, 5.74) is 0. The van der Waals surface area contributed by atoms with Crippen LogP contribution in [0.2, 0.25) is 0 Å². The molecule has 1 saturated heterocycles. The van der Waals surface area contributed by atoms with E-state index in [0.29, 0.717) is 6.42 Å². The van der Waals surface area contributed by atoms with Crippen molar-refractivity contribution >= 4 is 5.91 Å². The topological polar surface area (TPSA) is 149 Å². The van der Waals surface area contributed by atoms with Crippen molar-refractivity contribution in [2.45, 2.75) is 249 Å². The second-order valence-corrected chi connectivity index (χ2v) is 16.9. The first-order valence-electron chi connectivity index (χ1n) is 24.3. The van der Waals surface area contributed by atoms with E-state index in [1.165, 1.54) is 148 Å². The van der Waals surface area contributed by atoms with Gasteiger partial charge in [-0.1, -0.05) is 204 Å². The van der Waals surface area contributed by atoms with Crippen LogP contribution in [0, 0.1) is 0 Å². The van der Waals surface area contributed by atoms with Gasteiger partial charge in [-0.05, 0) is 44.9 Å². The minimum Gasteiger partial charge on any atom is -0.394 e. The van der Waals surface area contributed by atoms with Gasteiger partial charge in [0, 0.05) is 6.42 Å². The van der Waals surface area contributed by atoms with Crippen LogP contribution < -0.4 is 5.32 Å². The minimum absolute atomic E-state index is 0.130. The van der Waals surface area contributed by atoms with Crippen LogP contribution >= 0.6 is 0 Å². The molecule has 0 radical (unpaired) electrons. The SMILES string of the molecule is CCCCCCCCCCCCC=CC[C@@H](O)[C@H](CO[C@@H]1O[C@H](CO)[C@@H](O)C(O)C1O)NC(=O)CC=CCC=CCC=CCCCCCCCCCCCCCCCC. The molecule has 0 saturated carbocycles. The molecule has 6 N–H and O–H groups in total. The van der Waals surface area contributed by atoms with Crippen LogP contribution in [-0.2, 0) is 14.3 Å². The third-order valence-electron chi connectivity index (χ3n) is 11.4. The summed E-state index contributed by atoms with van der Waals surface area (Å²) < 4.78 is 11.2. The van der Waals surface area contributed by atoms with Crippen LogP contribution in [0.25, 0.3) is 0 Å². The quantitative estimate of drug-likeness (QED) is 0.0264. The Kier molecular flexibility index (Phi) is 37.6. The van der Waals surface area contributed by atoms with Crippen LogP contribution in [0.15, 0.2) is 48.6 Å². The van der Waals surface area contributed by atoms with Gasteiger partial charge in [-0.2, -0.15) is 0 Å². The molecule has 344 valence electrons. The van der Waals surface area contributed by atoms with Crippen molar-refractivity contribution < 1.29 is 39.8 Å². The molecule has 9 nitrogen and oxygen atoms in total. The number of unbranched alkanes of at least 4 members (excludes halogenated alkanes) is 24. The van der Waals surface area contributed by atoms with Gasteiger partial charge < -0.3 is 40.3 Å². The maximum absolute atomic E-state index is 12.9. The average molecular weight is 834 g/mol. The van der Waals surface area contributed by atoms with E-state index in [0.717, 1.165) is 32.1 Å². The molecule has 0 aromatic heterocycles. The molecule has 0 aromatic carbocycles. The molecule has 0 aliphatic carbocycles. The molecule has 59 heavy (non-hydrogen) atoms. The van der Waals surface area contributed by atoms with Crippen LogP contribution in [0.1, 0.15) is 206 Å². The number of hydrogen-bond acceptors (Lipinski definition) is 8. The van der Waals surface area contributed by atoms with E-state index >= 15 is 0 Å². The van der Waals surface area contributed by atoms with Crippen LogP contribution in [0.3, 0.4) is 0 Å². The zero-order chi connectivity index (χ0) is 43.0. The molecule has 1 aliphatic rings. The lowest BCUT2D eigenvalue weighted by atomic mass is 9.99. The Hall–Kier alpha value is -1.85. The lowest BCUT2D eigenvalue weighted by Gasteiger charge is -2.40. The number of carbonyl (C=O) groups excluding carboxylic acids is 1. The normalized spacial score (nSPS) is 21.1. The zero-order valence-corrected chi connectivity index (χ0v) is 37.7. The molecular formula is C50H91NO8. The van der Waals surface area contributed by atoms with E-state index in [-0.39, 0.29) is 18.9 Å². The third kappa shape index (κ3) is 30.8. The van der Waals surface area contributed by atoms with Gasteiger partial charge in [0.05, 0.1) is 25.4 Å². The van der Waals surface area contributed by atoms with Gasteiger partial charge in [-0.25, -0.2) is 0 Å². The molecule has 1 heterocycles. The summed E-state index contributed by atoms with van der Waals surface area (Å²) in [5, 5.41) is 54.1. The van der Waals surface area contributed by atoms with Gasteiger partial charge >= 0.3 is 0 Å². The maximum Gasteiger partial charge on any atom is 0.224 e. The van der Waals surface area contributed by atoms with E-state index in [9.17, 15) is 30.3 Å². The largest absolute Gasteiger partial charge is 0.394 e. The van der Waals surface area contributed by atoms with Crippen LogP contribution in [-0.4, -0.2) is 87.5 Å². The van der Waals surface area contributed by atoms with Crippen molar-refractivity contribution in [3.63, 3.8) is 0 Å². The fraction of sp³-hybridized carbons (Fsp3) is 0.820. The fourth-order valence-electron chi connectivity index (χ4n) is 7.49. The summed E-state index contributed by atoms with van der Waals surface area (Å²) in [6, 6.07) is -0.818. The molecule has 1 fully saturated rings. The Bertz CT molecular complexity index is 1060. The maximum atomic E-state index is 12.9. The third-order valence-corrected chi connectivity index (χ3v) is 11.4. The van der Waals surface area contributed by atoms with E-state index in [1.54, 1.807) is 6.08 Å². The van der Waals surface area contributed by atoms with Crippen molar-refractivity contribution in [2.75, 3.05) is 13.2 Å². The Balaban J connectivity index is 2.35. The average Bonchev–Trinajstić information content (AvgIpc) is 3.23. The second-order valence-electron chi connectivity index (χ2n) is 16.9. The Morgan fingerprint density at radius 2 is 1.00 bits per heavy atom. The number of aliphatic hydroxyl groups is 5. The van der Waals surface area contributed by atoms with Gasteiger partial charge in [0.25, 0.3) is 0 Å². The van der Waals surface area contributed by atoms with Gasteiger partial charge in [0.15, 0.2) is 6.29 Å². The summed E-state index contributed by atoms with van der Waals surface area (Å²) in [7, 11) is 0. The minimum atomic E-state index is -1.58. The molecule has 1 aliphatic heterocycles. The van der Waals surface area contributed by atoms with E-state index in [4.69, 9.17) is 9.47 Å². The first-order valence-corrected chi connectivity index (χ1v) is 24.3. The van der Waals surface area contributed by atoms with Crippen molar-refractivity contribution in [2.24, 2.45) is 0 Å². The van der Waals surface area contributed by atoms with Crippen molar-refractivity contribution in [1.29, 1.82) is 0 Å². The molecule has 0 bridgehead atoms. The van der Waals surface area contributed by atoms with Crippen molar-refractivity contribution in [3.8, 4) is 0 Å². The molecule has 2 unspecified atom stereocenters. The Morgan fingerprint density at radius 3 is 1.47 bits per heavy atom. The van der Waals surface area contributed by atoms with Gasteiger partial charge in [-0.15, -0.1) is 0 Å². The highest BCUT2D eigenvalue weighted by Gasteiger charge is 2.44. The van der Waals surface area contributed by atoms with Gasteiger partial charge in [0.2, 0.25) is 5.91 Å². The van der Waals surface area contributed by atoms with Crippen LogP contribution in [0.4, 0.5) is 0 Å². The van der Waals surface area contributed by atoms with Crippen LogP contribution in [0.5, 0.6) is 0 Å². The number of nitrogens with one attached hydrogen (secondary N) is 1. The van der Waals surface area contributed by atoms with E-state index in [1.807, 2.05) is 12.2 Å². The fourth-order valence-corrected chi connectivity index (χ4v) is 7.49. The number of amides is 1. The van der Waals surface area contributed by atoms with E-state index < -0.39 is 49.5 Å². The number of rotatable bonds is 40. The predicted molar refractivity (Wildman–Crippen MR) is 244 cm³/mol. The Morgan fingerprint density at radius 1 is 0.576 bits per heavy atom. The van der Waals surface area contributed by atoms with Crippen molar-refractivity contribution in [1.82, 2.24) is 5.32 Å². The highest BCUT2D eigenvalue weighted by molar-refractivity contribution is 5.77. The summed E-state index contributed by atoms with van der Waals surface area (Å²) >= 11 is 0. The summed E-state index contributed by atoms with van der Waals surface area (Å²) in [5.74, 6) is -0.285. The lowest BCUT2D eigenvalue weighted by molar-refractivity contribution is -0.302. The first kappa shape index (κ1) is 55.2. The number of allylic oxidation sites excluding steroid dienone is 6. The number of carbonyl (C=O) groups is 1. The van der Waals surface area contributed by atoms with Crippen molar-refractivity contribution in [3.05, 3.63) is 48.6 Å². The molecule has 1 amide bonds. The van der Waals surface area contributed by atoms with Gasteiger partial charge in [-0.3, -0.25) is 4.79 Å². The van der Waals surface area contributed by atoms with E-state index in [2.05, 4.69) is 49.5 Å². The second kappa shape index (κ2) is 40.2. The monoisotopic (exact) mass is 834 g/mol. The Labute approximate surface area is 361 Å². The summed E-state index contributed by atoms with van der Waals surface area (Å²) in [6.45, 7) is 3.74. The lowest BCUT2D eigenvalue weighted by Crippen LogP contribution is -2.60. The standard InChI is InChI=1S/C50H91NO8/c1-3-5-7-9-11-13-15-17-18-19-20-21-22-23-24-25-26-28-30-32-34-36-38-40-46(54)51-43(42-58-50-49(57)48(56)47(55)45(41-52)59-50)44(53)39-37-35-33-31-29-27-16-14-12-10-8-6-4-2/h25-26,30,32,35-38,43-45,47-50,52-53,55-57H,3-24,27-29,31,33-34,39-42H2,1-2H3,(H,51,54)/t43-,44+,45+,47+,48?,49?,50+/m0/s1. The molecule has 9 heteroatoms. The zero-order valence-electron chi connectivity index (χ0n) is 37.7. The predicted octanol–water partition coefficient (Wildman–Crippen LogP) is 10.6. The molecule has 1 rings (SSSR count). The molecule has 7 atom stereocenters. The highest BCUT2D eigenvalue weighted by Crippen LogP contribution is 2.23. The number of aliphatic hydroxyl groups excluding tert-OH is 5. The number of hydrogen-bond donors (Lipinski definition) is 6. The highest BCUT2D eigenvalue weighted by atomic mass is 16.7. The molecule has 0 spiro atoms. The molecule has 0 aromatic rings. The van der Waals surface area contributed by atoms with Gasteiger partial charge in [0.1, 0.15) is 24.4 Å². The first-order chi connectivity index (χ1) is 28.8. The summed E-state index contributed by atoms with van der Waals surface area (Å²) in [4.78, 5) is 12.9. The molecular weight excluding hydrogens is 743 g/mol. The smallest absolute Gasteiger partial charge is 0.224 e. The summed E-state index contributed by atoms with van der Waals surface area (Å²) in [6.07, 6.45) is 44.6. The number of ether oxygens (including phenoxy) is 2.